The Morgan fingerprint density at radius 1 is 0.821 bits per heavy atom. The minimum atomic E-state index is 0.741. The van der Waals surface area contributed by atoms with Crippen molar-refractivity contribution in [2.24, 2.45) is 0 Å². The lowest BCUT2D eigenvalue weighted by molar-refractivity contribution is 0.407. The first-order chi connectivity index (χ1) is 13.7. The van der Waals surface area contributed by atoms with Gasteiger partial charge in [0.05, 0.1) is 17.8 Å². The number of hydrogen-bond acceptors (Lipinski definition) is 2. The standard InChI is InChI=1S/C25H21IO2/c1-4-9-18-14-16-10-5-7-12-19(16)22(24(18)27-2)23-20-13-8-6-11-17(20)15-21(26)25(23)28-3/h4-8,10-15H,1,9H2,2-3H3. The van der Waals surface area contributed by atoms with Gasteiger partial charge in [0.2, 0.25) is 0 Å². The fourth-order valence-corrected chi connectivity index (χ4v) is 4.74. The summed E-state index contributed by atoms with van der Waals surface area (Å²) >= 11 is 2.35. The maximum absolute atomic E-state index is 5.97. The summed E-state index contributed by atoms with van der Waals surface area (Å²) < 4.78 is 13.0. The second-order valence-electron chi connectivity index (χ2n) is 6.65. The molecule has 0 saturated carbocycles. The van der Waals surface area contributed by atoms with Crippen LogP contribution in [0.2, 0.25) is 0 Å². The highest BCUT2D eigenvalue weighted by Gasteiger charge is 2.22. The molecule has 0 radical (unpaired) electrons. The Morgan fingerprint density at radius 2 is 1.36 bits per heavy atom. The monoisotopic (exact) mass is 480 g/mol. The normalized spacial score (nSPS) is 11.0. The number of allylic oxidation sites excluding steroid dienone is 1. The van der Waals surface area contributed by atoms with Crippen LogP contribution in [0.25, 0.3) is 32.7 Å². The second-order valence-corrected chi connectivity index (χ2v) is 7.81. The predicted octanol–water partition coefficient (Wildman–Crippen LogP) is 7.01. The van der Waals surface area contributed by atoms with Gasteiger partial charge in [-0.2, -0.15) is 0 Å². The number of ether oxygens (including phenoxy) is 2. The average molecular weight is 480 g/mol. The maximum Gasteiger partial charge on any atom is 0.140 e. The van der Waals surface area contributed by atoms with Gasteiger partial charge in [0.15, 0.2) is 0 Å². The van der Waals surface area contributed by atoms with Gasteiger partial charge in [-0.25, -0.2) is 0 Å². The first-order valence-electron chi connectivity index (χ1n) is 9.14. The molecule has 0 saturated heterocycles. The van der Waals surface area contributed by atoms with Crippen LogP contribution in [0.15, 0.2) is 73.3 Å². The van der Waals surface area contributed by atoms with Gasteiger partial charge in [-0.05, 0) is 68.3 Å². The third-order valence-corrected chi connectivity index (χ3v) is 5.86. The molecule has 28 heavy (non-hydrogen) atoms. The van der Waals surface area contributed by atoms with E-state index in [4.69, 9.17) is 9.47 Å². The van der Waals surface area contributed by atoms with E-state index in [0.717, 1.165) is 49.0 Å². The summed E-state index contributed by atoms with van der Waals surface area (Å²) in [5.74, 6) is 1.75. The molecule has 0 aliphatic heterocycles. The molecule has 0 unspecified atom stereocenters. The summed E-state index contributed by atoms with van der Waals surface area (Å²) in [4.78, 5) is 0. The molecular weight excluding hydrogens is 459 g/mol. The summed E-state index contributed by atoms with van der Waals surface area (Å²) in [5.41, 5.74) is 3.27. The Bertz CT molecular complexity index is 1190. The smallest absolute Gasteiger partial charge is 0.140 e. The van der Waals surface area contributed by atoms with Crippen molar-refractivity contribution in [3.63, 3.8) is 0 Å². The predicted molar refractivity (Wildman–Crippen MR) is 127 cm³/mol. The fraction of sp³-hybridized carbons (Fsp3) is 0.120. The van der Waals surface area contributed by atoms with Crippen molar-refractivity contribution < 1.29 is 9.47 Å². The summed E-state index contributed by atoms with van der Waals surface area (Å²) in [6.07, 6.45) is 2.66. The lowest BCUT2D eigenvalue weighted by atomic mass is 9.89. The Kier molecular flexibility index (Phi) is 5.27. The van der Waals surface area contributed by atoms with Crippen molar-refractivity contribution in [1.82, 2.24) is 0 Å². The van der Waals surface area contributed by atoms with E-state index in [2.05, 4.69) is 89.8 Å². The third-order valence-electron chi connectivity index (χ3n) is 5.06. The van der Waals surface area contributed by atoms with Gasteiger partial charge in [-0.3, -0.25) is 0 Å². The van der Waals surface area contributed by atoms with Crippen molar-refractivity contribution in [2.45, 2.75) is 6.42 Å². The lowest BCUT2D eigenvalue weighted by Gasteiger charge is -2.21. The van der Waals surface area contributed by atoms with E-state index in [1.54, 1.807) is 14.2 Å². The average Bonchev–Trinajstić information content (AvgIpc) is 2.72. The minimum absolute atomic E-state index is 0.741. The van der Waals surface area contributed by atoms with E-state index < -0.39 is 0 Å². The Morgan fingerprint density at radius 3 is 1.93 bits per heavy atom. The van der Waals surface area contributed by atoms with Gasteiger partial charge >= 0.3 is 0 Å². The Hall–Kier alpha value is -2.53. The molecule has 0 atom stereocenters. The SMILES string of the molecule is C=CCc1cc2ccccc2c(-c2c(OC)c(I)cc3ccccc23)c1OC. The highest BCUT2D eigenvalue weighted by molar-refractivity contribution is 14.1. The van der Waals surface area contributed by atoms with Crippen molar-refractivity contribution >= 4 is 44.1 Å². The molecule has 2 nitrogen and oxygen atoms in total. The summed E-state index contributed by atoms with van der Waals surface area (Å²) in [5, 5.41) is 4.67. The van der Waals surface area contributed by atoms with Crippen LogP contribution in [-0.2, 0) is 6.42 Å². The van der Waals surface area contributed by atoms with Crippen molar-refractivity contribution in [3.05, 3.63) is 82.5 Å². The zero-order chi connectivity index (χ0) is 19.7. The molecule has 0 heterocycles. The van der Waals surface area contributed by atoms with Gasteiger partial charge in [0.25, 0.3) is 0 Å². The molecule has 0 aliphatic carbocycles. The molecule has 0 fully saturated rings. The molecule has 4 aromatic rings. The van der Waals surface area contributed by atoms with Crippen molar-refractivity contribution in [2.75, 3.05) is 14.2 Å². The third kappa shape index (κ3) is 3.04. The van der Waals surface area contributed by atoms with E-state index >= 15 is 0 Å². The minimum Gasteiger partial charge on any atom is -0.496 e. The van der Waals surface area contributed by atoms with E-state index in [-0.39, 0.29) is 0 Å². The van der Waals surface area contributed by atoms with Crippen LogP contribution >= 0.6 is 22.6 Å². The van der Waals surface area contributed by atoms with E-state index in [9.17, 15) is 0 Å². The molecule has 0 bridgehead atoms. The van der Waals surface area contributed by atoms with Crippen LogP contribution in [0, 0.1) is 3.57 Å². The molecule has 0 aliphatic rings. The highest BCUT2D eigenvalue weighted by Crippen LogP contribution is 2.48. The summed E-state index contributed by atoms with van der Waals surface area (Å²) in [7, 11) is 3.47. The topological polar surface area (TPSA) is 18.5 Å². The van der Waals surface area contributed by atoms with Gasteiger partial charge in [-0.1, -0.05) is 54.6 Å². The van der Waals surface area contributed by atoms with Crippen LogP contribution in [0.5, 0.6) is 11.5 Å². The quantitative estimate of drug-likeness (QED) is 0.226. The Balaban J connectivity index is 2.26. The zero-order valence-electron chi connectivity index (χ0n) is 16.0. The van der Waals surface area contributed by atoms with Gasteiger partial charge in [0, 0.05) is 11.1 Å². The number of hydrogen-bond donors (Lipinski definition) is 0. The summed E-state index contributed by atoms with van der Waals surface area (Å²) in [6, 6.07) is 21.2. The molecule has 3 heteroatoms. The zero-order valence-corrected chi connectivity index (χ0v) is 18.1. The maximum atomic E-state index is 5.97. The van der Waals surface area contributed by atoms with Crippen molar-refractivity contribution in [1.29, 1.82) is 0 Å². The number of methoxy groups -OCH3 is 2. The van der Waals surface area contributed by atoms with Crippen molar-refractivity contribution in [3.8, 4) is 22.6 Å². The van der Waals surface area contributed by atoms with Crippen LogP contribution in [0.3, 0.4) is 0 Å². The van der Waals surface area contributed by atoms with Crippen LogP contribution in [0.1, 0.15) is 5.56 Å². The largest absolute Gasteiger partial charge is 0.496 e. The van der Waals surface area contributed by atoms with E-state index in [1.807, 2.05) is 6.08 Å². The first-order valence-corrected chi connectivity index (χ1v) is 10.2. The second kappa shape index (κ2) is 7.84. The summed E-state index contributed by atoms with van der Waals surface area (Å²) in [6.45, 7) is 3.93. The molecule has 0 spiro atoms. The molecule has 0 N–H and O–H groups in total. The lowest BCUT2D eigenvalue weighted by Crippen LogP contribution is -1.99. The molecule has 140 valence electrons. The number of benzene rings is 4. The van der Waals surface area contributed by atoms with E-state index in [0.29, 0.717) is 0 Å². The molecule has 4 aromatic carbocycles. The number of fused-ring (bicyclic) bond motifs is 2. The molecule has 4 rings (SSSR count). The van der Waals surface area contributed by atoms with Gasteiger partial charge < -0.3 is 9.47 Å². The number of rotatable bonds is 5. The fourth-order valence-electron chi connectivity index (χ4n) is 3.92. The van der Waals surface area contributed by atoms with Crippen LogP contribution in [0.4, 0.5) is 0 Å². The van der Waals surface area contributed by atoms with Crippen LogP contribution < -0.4 is 9.47 Å². The van der Waals surface area contributed by atoms with Crippen LogP contribution in [-0.4, -0.2) is 14.2 Å². The van der Waals surface area contributed by atoms with E-state index in [1.165, 1.54) is 10.8 Å². The first kappa shape index (κ1) is 18.8. The number of halogens is 1. The highest BCUT2D eigenvalue weighted by atomic mass is 127. The Labute approximate surface area is 178 Å². The molecule has 0 amide bonds. The molecular formula is C25H21IO2. The van der Waals surface area contributed by atoms with Gasteiger partial charge in [0.1, 0.15) is 11.5 Å². The van der Waals surface area contributed by atoms with Gasteiger partial charge in [-0.15, -0.1) is 6.58 Å². The molecule has 0 aromatic heterocycles.